The average molecular weight is 649 g/mol. The van der Waals surface area contributed by atoms with Crippen molar-refractivity contribution in [3.63, 3.8) is 0 Å². The van der Waals surface area contributed by atoms with E-state index in [1.165, 1.54) is 0 Å². The molecule has 0 radical (unpaired) electrons. The molecule has 1 saturated carbocycles. The standard InChI is InChI=1S/C37H52N4O6/c1-10-37(11-2)28-21-41(31(37)29(42)22(3)4)33(43)30(35(5,6)7)40-34(44)47-36(8)20-23(36)15-13-12-14-16-26-32(46-28)39-27-19-24(45-9)17-18-25(27)38-26/h10,17-19,22-23,28,30-31H,1,11-16,20-21H2,2-9H3,(H,40,44). The molecule has 1 aromatic carbocycles. The van der Waals surface area contributed by atoms with Gasteiger partial charge in [-0.15, -0.1) is 6.58 Å². The quantitative estimate of drug-likeness (QED) is 0.368. The summed E-state index contributed by atoms with van der Waals surface area (Å²) in [4.78, 5) is 53.7. The third-order valence-electron chi connectivity index (χ3n) is 10.6. The zero-order chi connectivity index (χ0) is 34.3. The van der Waals surface area contributed by atoms with Gasteiger partial charge in [0.15, 0.2) is 5.78 Å². The minimum absolute atomic E-state index is 0.0878. The van der Waals surface area contributed by atoms with Crippen molar-refractivity contribution in [1.29, 1.82) is 0 Å². The maximum atomic E-state index is 14.7. The van der Waals surface area contributed by atoms with E-state index in [-0.39, 0.29) is 30.1 Å². The SMILES string of the molecule is C=CC1(CC)C2CN(C(=O)C(C(C)(C)C)NC(=O)OC3(C)CC3CCCCCc3nc4ccc(OC)cc4nc3O2)C1C(=O)C(C)C. The lowest BCUT2D eigenvalue weighted by Gasteiger charge is -2.39. The summed E-state index contributed by atoms with van der Waals surface area (Å²) in [5.41, 5.74) is -0.0259. The van der Waals surface area contributed by atoms with Crippen LogP contribution in [0.3, 0.4) is 0 Å². The lowest BCUT2D eigenvalue weighted by atomic mass is 9.72. The van der Waals surface area contributed by atoms with Crippen LogP contribution >= 0.6 is 0 Å². The molecule has 47 heavy (non-hydrogen) atoms. The molecule has 10 heteroatoms. The van der Waals surface area contributed by atoms with Crippen LogP contribution in [-0.4, -0.2) is 70.1 Å². The van der Waals surface area contributed by atoms with Gasteiger partial charge in [-0.05, 0) is 56.6 Å². The first-order valence-electron chi connectivity index (χ1n) is 17.2. The summed E-state index contributed by atoms with van der Waals surface area (Å²) in [6, 6.07) is 3.80. The molecule has 1 aromatic heterocycles. The Morgan fingerprint density at radius 3 is 2.57 bits per heavy atom. The Hall–Kier alpha value is -3.69. The van der Waals surface area contributed by atoms with Crippen molar-refractivity contribution < 1.29 is 28.6 Å². The number of aromatic nitrogens is 2. The molecule has 256 valence electrons. The Bertz CT molecular complexity index is 1530. The minimum Gasteiger partial charge on any atom is -0.497 e. The van der Waals surface area contributed by atoms with Crippen molar-refractivity contribution in [2.45, 2.75) is 117 Å². The number of ketones is 1. The molecule has 2 amide bonds. The number of nitrogens with one attached hydrogen (secondary N) is 1. The summed E-state index contributed by atoms with van der Waals surface area (Å²) >= 11 is 0. The molecule has 3 heterocycles. The highest BCUT2D eigenvalue weighted by molar-refractivity contribution is 5.95. The Balaban J connectivity index is 1.64. The number of aryl methyl sites for hydroxylation is 1. The van der Waals surface area contributed by atoms with Gasteiger partial charge in [0.1, 0.15) is 35.2 Å². The van der Waals surface area contributed by atoms with Crippen molar-refractivity contribution >= 4 is 28.8 Å². The van der Waals surface area contributed by atoms with Crippen molar-refractivity contribution in [2.24, 2.45) is 22.7 Å². The van der Waals surface area contributed by atoms with Gasteiger partial charge in [-0.25, -0.2) is 14.8 Å². The molecule has 2 fully saturated rings. The van der Waals surface area contributed by atoms with Crippen LogP contribution in [0.2, 0.25) is 0 Å². The zero-order valence-electron chi connectivity index (χ0n) is 29.4. The first-order valence-corrected chi connectivity index (χ1v) is 17.2. The molecule has 3 aliphatic rings. The topological polar surface area (TPSA) is 120 Å². The fraction of sp³-hybridized carbons (Fsp3) is 0.649. The smallest absolute Gasteiger partial charge is 0.408 e. The van der Waals surface area contributed by atoms with Gasteiger partial charge >= 0.3 is 6.09 Å². The van der Waals surface area contributed by atoms with E-state index in [2.05, 4.69) is 11.9 Å². The zero-order valence-corrected chi connectivity index (χ0v) is 29.4. The summed E-state index contributed by atoms with van der Waals surface area (Å²) in [5.74, 6) is 0.527. The van der Waals surface area contributed by atoms with Gasteiger partial charge in [0.2, 0.25) is 11.8 Å². The first kappa shape index (κ1) is 34.6. The molecular formula is C37H52N4O6. The molecule has 2 aliphatic heterocycles. The van der Waals surface area contributed by atoms with E-state index in [0.717, 1.165) is 43.3 Å². The van der Waals surface area contributed by atoms with Crippen molar-refractivity contribution in [3.05, 3.63) is 36.5 Å². The molecule has 6 unspecified atom stereocenters. The number of hydrogen-bond acceptors (Lipinski definition) is 8. The fourth-order valence-corrected chi connectivity index (χ4v) is 7.40. The second-order valence-corrected chi connectivity index (χ2v) is 15.2. The molecule has 1 N–H and O–H groups in total. The highest BCUT2D eigenvalue weighted by atomic mass is 16.6. The van der Waals surface area contributed by atoms with Crippen LogP contribution in [0.5, 0.6) is 11.6 Å². The Morgan fingerprint density at radius 1 is 1.19 bits per heavy atom. The number of methoxy groups -OCH3 is 1. The number of carbonyl (C=O) groups is 3. The van der Waals surface area contributed by atoms with Gasteiger partial charge in [-0.3, -0.25) is 9.59 Å². The highest BCUT2D eigenvalue weighted by Crippen LogP contribution is 2.50. The van der Waals surface area contributed by atoms with Crippen LogP contribution in [0.1, 0.15) is 92.7 Å². The van der Waals surface area contributed by atoms with E-state index in [1.807, 2.05) is 66.7 Å². The Labute approximate surface area is 279 Å². The summed E-state index contributed by atoms with van der Waals surface area (Å²) in [7, 11) is 1.61. The molecule has 5 rings (SSSR count). The van der Waals surface area contributed by atoms with E-state index in [4.69, 9.17) is 24.2 Å². The number of carbonyl (C=O) groups excluding carboxylic acids is 3. The largest absolute Gasteiger partial charge is 0.497 e. The molecule has 1 saturated heterocycles. The van der Waals surface area contributed by atoms with Gasteiger partial charge < -0.3 is 24.4 Å². The average Bonchev–Trinajstić information content (AvgIpc) is 3.53. The van der Waals surface area contributed by atoms with E-state index >= 15 is 0 Å². The van der Waals surface area contributed by atoms with Crippen LogP contribution in [0.15, 0.2) is 30.9 Å². The molecule has 2 bridgehead atoms. The van der Waals surface area contributed by atoms with Crippen molar-refractivity contribution in [3.8, 4) is 11.6 Å². The molecule has 0 spiro atoms. The van der Waals surface area contributed by atoms with Gasteiger partial charge in [0.25, 0.3) is 0 Å². The lowest BCUT2D eigenvalue weighted by Crippen LogP contribution is -2.59. The van der Waals surface area contributed by atoms with Crippen LogP contribution in [0.4, 0.5) is 4.79 Å². The second-order valence-electron chi connectivity index (χ2n) is 15.2. The number of ether oxygens (including phenoxy) is 3. The fourth-order valence-electron chi connectivity index (χ4n) is 7.40. The Morgan fingerprint density at radius 2 is 1.94 bits per heavy atom. The van der Waals surface area contributed by atoms with Crippen LogP contribution in [0, 0.1) is 22.7 Å². The molecule has 1 aliphatic carbocycles. The number of fused-ring (bicyclic) bond motifs is 5. The maximum absolute atomic E-state index is 14.7. The Kier molecular flexibility index (Phi) is 9.64. The van der Waals surface area contributed by atoms with E-state index in [1.54, 1.807) is 18.1 Å². The normalized spacial score (nSPS) is 30.3. The molecule has 2 aromatic rings. The van der Waals surface area contributed by atoms with Crippen molar-refractivity contribution in [2.75, 3.05) is 13.7 Å². The number of benzene rings is 1. The number of amides is 2. The number of hydrogen-bond donors (Lipinski definition) is 1. The highest BCUT2D eigenvalue weighted by Gasteiger charge is 2.59. The maximum Gasteiger partial charge on any atom is 0.408 e. The third kappa shape index (κ3) is 6.70. The monoisotopic (exact) mass is 648 g/mol. The second kappa shape index (κ2) is 13.1. The van der Waals surface area contributed by atoms with Crippen LogP contribution < -0.4 is 14.8 Å². The molecule has 10 nitrogen and oxygen atoms in total. The first-order chi connectivity index (χ1) is 22.2. The van der Waals surface area contributed by atoms with E-state index in [0.29, 0.717) is 30.0 Å². The summed E-state index contributed by atoms with van der Waals surface area (Å²) in [6.07, 6.45) is 6.28. The summed E-state index contributed by atoms with van der Waals surface area (Å²) < 4.78 is 18.3. The van der Waals surface area contributed by atoms with Crippen LogP contribution in [-0.2, 0) is 20.7 Å². The molecular weight excluding hydrogens is 596 g/mol. The number of rotatable bonds is 5. The predicted octanol–water partition coefficient (Wildman–Crippen LogP) is 6.44. The summed E-state index contributed by atoms with van der Waals surface area (Å²) in [6.45, 7) is 17.7. The minimum atomic E-state index is -0.946. The number of nitrogens with zero attached hydrogens (tertiary/aromatic N) is 3. The van der Waals surface area contributed by atoms with Gasteiger partial charge in [-0.1, -0.05) is 60.5 Å². The summed E-state index contributed by atoms with van der Waals surface area (Å²) in [5, 5.41) is 2.91. The molecule has 6 atom stereocenters. The van der Waals surface area contributed by atoms with Gasteiger partial charge in [0, 0.05) is 17.9 Å². The van der Waals surface area contributed by atoms with Gasteiger partial charge in [0.05, 0.1) is 30.1 Å². The van der Waals surface area contributed by atoms with Crippen LogP contribution in [0.25, 0.3) is 11.0 Å². The lowest BCUT2D eigenvalue weighted by molar-refractivity contribution is -0.144. The van der Waals surface area contributed by atoms with Gasteiger partial charge in [-0.2, -0.15) is 0 Å². The predicted molar refractivity (Wildman–Crippen MR) is 180 cm³/mol. The van der Waals surface area contributed by atoms with E-state index in [9.17, 15) is 14.4 Å². The van der Waals surface area contributed by atoms with E-state index < -0.39 is 40.7 Å². The number of alkyl carbamates (subject to hydrolysis) is 1. The van der Waals surface area contributed by atoms with Crippen molar-refractivity contribution in [1.82, 2.24) is 20.2 Å². The third-order valence-corrected chi connectivity index (χ3v) is 10.6. The number of Topliss-reactive ketones (excluding diaryl/α,β-unsaturated/α-hetero) is 1.